The van der Waals surface area contributed by atoms with E-state index in [1.54, 1.807) is 4.57 Å². The van der Waals surface area contributed by atoms with Crippen molar-refractivity contribution in [3.05, 3.63) is 28.6 Å². The van der Waals surface area contributed by atoms with E-state index in [1.165, 1.54) is 6.33 Å². The fourth-order valence-corrected chi connectivity index (χ4v) is 2.98. The number of aromatic nitrogens is 3. The lowest BCUT2D eigenvalue weighted by Crippen LogP contribution is -2.42. The van der Waals surface area contributed by atoms with E-state index in [1.807, 2.05) is 0 Å². The molecule has 3 heterocycles. The minimum Gasteiger partial charge on any atom is -0.350 e. The topological polar surface area (TPSA) is 55.4 Å². The van der Waals surface area contributed by atoms with E-state index < -0.39 is 12.1 Å². The highest BCUT2D eigenvalue weighted by atomic mass is 35.5. The number of nitrogens with zero attached hydrogens (tertiary/aromatic N) is 5. The average Bonchev–Trinajstić information content (AvgIpc) is 2.64. The van der Waals surface area contributed by atoms with Gasteiger partial charge < -0.3 is 9.47 Å². The monoisotopic (exact) mass is 343 g/mol. The van der Waals surface area contributed by atoms with Crippen molar-refractivity contribution in [2.24, 2.45) is 0 Å². The third-order valence-corrected chi connectivity index (χ3v) is 4.00. The molecule has 3 rings (SSSR count). The molecule has 2 aromatic heterocycles. The number of hydrogen-bond donors (Lipinski definition) is 0. The molecule has 6 nitrogen and oxygen atoms in total. The smallest absolute Gasteiger partial charge is 0.350 e. The van der Waals surface area contributed by atoms with Crippen LogP contribution in [0.1, 0.15) is 5.69 Å². The van der Waals surface area contributed by atoms with E-state index in [-0.39, 0.29) is 36.9 Å². The van der Waals surface area contributed by atoms with Gasteiger partial charge in [0, 0.05) is 25.3 Å². The molecule has 0 saturated heterocycles. The van der Waals surface area contributed by atoms with Gasteiger partial charge in [-0.15, -0.1) is 0 Å². The van der Waals surface area contributed by atoms with Crippen molar-refractivity contribution in [1.82, 2.24) is 19.4 Å². The second kappa shape index (κ2) is 5.38. The lowest BCUT2D eigenvalue weighted by atomic mass is 10.2. The van der Waals surface area contributed by atoms with E-state index in [2.05, 4.69) is 14.8 Å². The Morgan fingerprint density at radius 2 is 2.04 bits per heavy atom. The van der Waals surface area contributed by atoms with Crippen LogP contribution in [0.25, 0.3) is 15.9 Å². The number of hydrogen-bond acceptors (Lipinski definition) is 3. The number of fused-ring (bicyclic) bond motifs is 3. The van der Waals surface area contributed by atoms with Gasteiger partial charge >= 0.3 is 12.1 Å². The van der Waals surface area contributed by atoms with Gasteiger partial charge in [-0.05, 0) is 6.42 Å². The molecule has 0 fully saturated rings. The quantitative estimate of drug-likeness (QED) is 0.546. The van der Waals surface area contributed by atoms with E-state index in [0.29, 0.717) is 16.7 Å². The third kappa shape index (κ3) is 2.49. The highest BCUT2D eigenvalue weighted by Gasteiger charge is 2.43. The summed E-state index contributed by atoms with van der Waals surface area (Å²) in [7, 11) is 0. The Hall–Kier alpha value is -2.34. The molecule has 1 aliphatic rings. The Labute approximate surface area is 133 Å². The van der Waals surface area contributed by atoms with Gasteiger partial charge in [-0.2, -0.15) is 13.2 Å². The second-order valence-electron chi connectivity index (χ2n) is 4.96. The third-order valence-electron chi connectivity index (χ3n) is 3.72. The lowest BCUT2D eigenvalue weighted by Gasteiger charge is -2.21. The summed E-state index contributed by atoms with van der Waals surface area (Å²) in [6.45, 7) is 7.15. The molecule has 0 unspecified atom stereocenters. The van der Waals surface area contributed by atoms with Gasteiger partial charge in [0.1, 0.15) is 11.8 Å². The van der Waals surface area contributed by atoms with Crippen LogP contribution in [0.15, 0.2) is 6.33 Å². The Bertz CT molecular complexity index is 839. The number of carbonyl (C=O) groups is 1. The highest BCUT2D eigenvalue weighted by molar-refractivity contribution is 6.34. The van der Waals surface area contributed by atoms with Gasteiger partial charge in [-0.3, -0.25) is 4.79 Å². The van der Waals surface area contributed by atoms with Crippen LogP contribution in [0.4, 0.5) is 18.9 Å². The van der Waals surface area contributed by atoms with Gasteiger partial charge in [0.15, 0.2) is 5.15 Å². The zero-order valence-corrected chi connectivity index (χ0v) is 12.3. The van der Waals surface area contributed by atoms with Gasteiger partial charge in [0.2, 0.25) is 5.69 Å². The van der Waals surface area contributed by atoms with Crippen molar-refractivity contribution in [3.8, 4) is 0 Å². The zero-order valence-electron chi connectivity index (χ0n) is 11.6. The minimum atomic E-state index is -4.91. The van der Waals surface area contributed by atoms with Crippen molar-refractivity contribution in [2.45, 2.75) is 19.1 Å². The molecule has 0 radical (unpaired) electrons. The van der Waals surface area contributed by atoms with Gasteiger partial charge in [0.05, 0.1) is 12.1 Å². The first-order valence-corrected chi connectivity index (χ1v) is 6.97. The van der Waals surface area contributed by atoms with E-state index >= 15 is 0 Å². The number of amides is 1. The summed E-state index contributed by atoms with van der Waals surface area (Å²) in [4.78, 5) is 23.5. The molecule has 0 bridgehead atoms. The van der Waals surface area contributed by atoms with Crippen molar-refractivity contribution in [3.63, 3.8) is 0 Å². The number of carbonyl (C=O) groups excluding carboxylic acids is 1. The van der Waals surface area contributed by atoms with E-state index in [0.717, 1.165) is 4.90 Å². The summed E-state index contributed by atoms with van der Waals surface area (Å²) in [6, 6.07) is 0. The van der Waals surface area contributed by atoms with Gasteiger partial charge in [-0.1, -0.05) is 11.6 Å². The Morgan fingerprint density at radius 3 is 2.70 bits per heavy atom. The second-order valence-corrected chi connectivity index (χ2v) is 5.32. The fourth-order valence-electron chi connectivity index (χ4n) is 2.74. The fraction of sp³-hybridized carbons (Fsp3) is 0.385. The molecule has 120 valence electrons. The van der Waals surface area contributed by atoms with Crippen molar-refractivity contribution in [1.29, 1.82) is 0 Å². The molecule has 1 aliphatic heterocycles. The normalized spacial score (nSPS) is 15.2. The molecule has 2 aromatic rings. The molecule has 0 saturated carbocycles. The summed E-state index contributed by atoms with van der Waals surface area (Å²) < 4.78 is 39.4. The molecule has 0 atom stereocenters. The van der Waals surface area contributed by atoms with Crippen LogP contribution in [0.5, 0.6) is 0 Å². The first kappa shape index (κ1) is 15.6. The molecule has 1 amide bonds. The van der Waals surface area contributed by atoms with Crippen LogP contribution in [0, 0.1) is 6.57 Å². The maximum absolute atomic E-state index is 12.6. The van der Waals surface area contributed by atoms with Crippen molar-refractivity contribution < 1.29 is 18.0 Å². The summed E-state index contributed by atoms with van der Waals surface area (Å²) in [5.74, 6) is -1.88. The zero-order chi connectivity index (χ0) is 16.8. The molecule has 10 heteroatoms. The molecule has 0 spiro atoms. The Balaban J connectivity index is 2.05. The highest BCUT2D eigenvalue weighted by Crippen LogP contribution is 2.36. The van der Waals surface area contributed by atoms with Crippen molar-refractivity contribution >= 4 is 34.2 Å². The summed E-state index contributed by atoms with van der Waals surface area (Å²) in [5, 5.41) is 0.127. The van der Waals surface area contributed by atoms with E-state index in [4.69, 9.17) is 18.2 Å². The largest absolute Gasteiger partial charge is 0.471 e. The number of alkyl halides is 3. The Morgan fingerprint density at radius 1 is 1.30 bits per heavy atom. The van der Waals surface area contributed by atoms with Crippen LogP contribution >= 0.6 is 11.6 Å². The predicted molar refractivity (Wildman–Crippen MR) is 75.1 cm³/mol. The molecule has 0 aromatic carbocycles. The SMILES string of the molecule is [C-]#[N+]c1c2n(c3c(Cl)ncnc13)CCN(C(=O)C(F)(F)F)CC2. The molecular formula is C13H9ClF3N5O. The summed E-state index contributed by atoms with van der Waals surface area (Å²) in [5.41, 5.74) is 1.56. The first-order valence-electron chi connectivity index (χ1n) is 6.59. The lowest BCUT2D eigenvalue weighted by molar-refractivity contribution is -0.185. The number of halogens is 4. The van der Waals surface area contributed by atoms with Crippen LogP contribution in [-0.2, 0) is 17.8 Å². The van der Waals surface area contributed by atoms with Crippen LogP contribution in [-0.4, -0.2) is 44.6 Å². The van der Waals surface area contributed by atoms with Gasteiger partial charge in [0.25, 0.3) is 0 Å². The van der Waals surface area contributed by atoms with E-state index in [9.17, 15) is 18.0 Å². The maximum atomic E-state index is 12.6. The molecule has 0 aliphatic carbocycles. The standard InChI is InChI=1S/C13H9ClF3N5O/c1-18-8-7-2-3-21(12(23)13(15,16)17)4-5-22(7)10-9(8)19-6-20-11(10)14/h6H,2-5H2. The summed E-state index contributed by atoms with van der Waals surface area (Å²) in [6.07, 6.45) is -3.56. The average molecular weight is 344 g/mol. The maximum Gasteiger partial charge on any atom is 0.471 e. The van der Waals surface area contributed by atoms with Gasteiger partial charge in [-0.25, -0.2) is 14.8 Å². The van der Waals surface area contributed by atoms with Crippen LogP contribution in [0.2, 0.25) is 5.15 Å². The van der Waals surface area contributed by atoms with Crippen molar-refractivity contribution in [2.75, 3.05) is 13.1 Å². The van der Waals surface area contributed by atoms with Crippen LogP contribution < -0.4 is 0 Å². The number of rotatable bonds is 0. The predicted octanol–water partition coefficient (Wildman–Crippen LogP) is 2.58. The molecular weight excluding hydrogens is 335 g/mol. The van der Waals surface area contributed by atoms with Crippen LogP contribution in [0.3, 0.4) is 0 Å². The molecule has 23 heavy (non-hydrogen) atoms. The first-order chi connectivity index (χ1) is 10.8. The minimum absolute atomic E-state index is 0.0935. The molecule has 0 N–H and O–H groups in total. The summed E-state index contributed by atoms with van der Waals surface area (Å²) >= 11 is 6.05. The Kier molecular flexibility index (Phi) is 3.64.